The summed E-state index contributed by atoms with van der Waals surface area (Å²) in [5.41, 5.74) is -0.105. The maximum absolute atomic E-state index is 9.69. The lowest BCUT2D eigenvalue weighted by Gasteiger charge is -2.26. The number of rotatable bonds is 9. The summed E-state index contributed by atoms with van der Waals surface area (Å²) in [7, 11) is 1.68. The number of hydrogen-bond acceptors (Lipinski definition) is 4. The van der Waals surface area contributed by atoms with E-state index in [1.165, 1.54) is 12.8 Å². The molecule has 1 rings (SSSR count). The lowest BCUT2D eigenvalue weighted by Crippen LogP contribution is -2.47. The van der Waals surface area contributed by atoms with E-state index in [1.807, 2.05) is 13.8 Å². The fourth-order valence-electron chi connectivity index (χ4n) is 1.52. The van der Waals surface area contributed by atoms with Gasteiger partial charge in [0.1, 0.15) is 0 Å². The van der Waals surface area contributed by atoms with Crippen molar-refractivity contribution in [3.8, 4) is 0 Å². The summed E-state index contributed by atoms with van der Waals surface area (Å²) in [5.74, 6) is 0.755. The molecule has 96 valence electrons. The highest BCUT2D eigenvalue weighted by molar-refractivity contribution is 4.78. The van der Waals surface area contributed by atoms with Gasteiger partial charge in [0.25, 0.3) is 0 Å². The molecule has 2 N–H and O–H groups in total. The summed E-state index contributed by atoms with van der Waals surface area (Å²) in [6.07, 6.45) is 2.14. The lowest BCUT2D eigenvalue weighted by atomic mass is 10.1. The highest BCUT2D eigenvalue weighted by atomic mass is 16.5. The summed E-state index contributed by atoms with van der Waals surface area (Å²) < 4.78 is 10.5. The van der Waals surface area contributed by atoms with Crippen LogP contribution in [-0.4, -0.2) is 50.2 Å². The van der Waals surface area contributed by atoms with E-state index in [0.29, 0.717) is 19.8 Å². The van der Waals surface area contributed by atoms with E-state index in [1.54, 1.807) is 7.11 Å². The number of aliphatic hydroxyl groups excluding tert-OH is 1. The van der Waals surface area contributed by atoms with Crippen LogP contribution in [0.25, 0.3) is 0 Å². The van der Waals surface area contributed by atoms with Gasteiger partial charge in [-0.1, -0.05) is 0 Å². The Labute approximate surface area is 98.3 Å². The Morgan fingerprint density at radius 2 is 2.12 bits per heavy atom. The Morgan fingerprint density at radius 1 is 1.44 bits per heavy atom. The average Bonchev–Trinajstić information content (AvgIpc) is 2.99. The molecule has 1 aliphatic carbocycles. The molecule has 0 radical (unpaired) electrons. The minimum Gasteiger partial charge on any atom is -0.389 e. The molecule has 0 heterocycles. The van der Waals surface area contributed by atoms with Gasteiger partial charge in [0.2, 0.25) is 0 Å². The number of ether oxygens (including phenoxy) is 2. The molecule has 1 unspecified atom stereocenters. The molecular formula is C12H25NO3. The predicted molar refractivity (Wildman–Crippen MR) is 63.5 cm³/mol. The Kier molecular flexibility index (Phi) is 5.69. The standard InChI is InChI=1S/C12H25NO3/c1-12(2,9-15-3)13-6-11(14)8-16-7-10-4-5-10/h10-11,13-14H,4-9H2,1-3H3. The molecule has 1 aliphatic rings. The lowest BCUT2D eigenvalue weighted by molar-refractivity contribution is 0.0256. The zero-order chi connectivity index (χ0) is 12.0. The van der Waals surface area contributed by atoms with E-state index in [-0.39, 0.29) is 5.54 Å². The smallest absolute Gasteiger partial charge is 0.0897 e. The monoisotopic (exact) mass is 231 g/mol. The van der Waals surface area contributed by atoms with Crippen LogP contribution in [0.2, 0.25) is 0 Å². The first-order valence-corrected chi connectivity index (χ1v) is 6.03. The molecule has 0 saturated heterocycles. The van der Waals surface area contributed by atoms with Gasteiger partial charge >= 0.3 is 0 Å². The van der Waals surface area contributed by atoms with Gasteiger partial charge in [-0.3, -0.25) is 0 Å². The Balaban J connectivity index is 2.01. The van der Waals surface area contributed by atoms with Crippen LogP contribution in [0.5, 0.6) is 0 Å². The molecule has 0 bridgehead atoms. The van der Waals surface area contributed by atoms with Crippen LogP contribution in [0.1, 0.15) is 26.7 Å². The number of methoxy groups -OCH3 is 1. The van der Waals surface area contributed by atoms with Gasteiger partial charge in [0, 0.05) is 25.8 Å². The molecule has 1 saturated carbocycles. The highest BCUT2D eigenvalue weighted by Crippen LogP contribution is 2.28. The van der Waals surface area contributed by atoms with E-state index >= 15 is 0 Å². The van der Waals surface area contributed by atoms with Crippen molar-refractivity contribution in [1.29, 1.82) is 0 Å². The Morgan fingerprint density at radius 3 is 2.69 bits per heavy atom. The quantitative estimate of drug-likeness (QED) is 0.616. The maximum atomic E-state index is 9.69. The molecule has 1 atom stereocenters. The molecule has 0 aromatic heterocycles. The average molecular weight is 231 g/mol. The second kappa shape index (κ2) is 6.55. The fraction of sp³-hybridized carbons (Fsp3) is 1.00. The molecule has 0 amide bonds. The van der Waals surface area contributed by atoms with Gasteiger partial charge in [-0.15, -0.1) is 0 Å². The summed E-state index contributed by atoms with van der Waals surface area (Å²) in [6, 6.07) is 0. The molecule has 0 aromatic carbocycles. The van der Waals surface area contributed by atoms with Crippen LogP contribution in [0.4, 0.5) is 0 Å². The van der Waals surface area contributed by atoms with Gasteiger partial charge in [-0.2, -0.15) is 0 Å². The van der Waals surface area contributed by atoms with Crippen LogP contribution in [0.3, 0.4) is 0 Å². The van der Waals surface area contributed by atoms with Crippen molar-refractivity contribution in [3.63, 3.8) is 0 Å². The minimum absolute atomic E-state index is 0.105. The van der Waals surface area contributed by atoms with Crippen LogP contribution in [0, 0.1) is 5.92 Å². The van der Waals surface area contributed by atoms with E-state index in [2.05, 4.69) is 5.32 Å². The van der Waals surface area contributed by atoms with Gasteiger partial charge in [-0.05, 0) is 32.6 Å². The van der Waals surface area contributed by atoms with Gasteiger partial charge in [-0.25, -0.2) is 0 Å². The van der Waals surface area contributed by atoms with Gasteiger partial charge < -0.3 is 19.9 Å². The van der Waals surface area contributed by atoms with Crippen molar-refractivity contribution in [3.05, 3.63) is 0 Å². The van der Waals surface area contributed by atoms with Crippen molar-refractivity contribution in [1.82, 2.24) is 5.32 Å². The van der Waals surface area contributed by atoms with E-state index < -0.39 is 6.10 Å². The summed E-state index contributed by atoms with van der Waals surface area (Å²) in [6.45, 7) is 6.50. The largest absolute Gasteiger partial charge is 0.389 e. The zero-order valence-corrected chi connectivity index (χ0v) is 10.7. The third-order valence-corrected chi connectivity index (χ3v) is 2.68. The van der Waals surface area contributed by atoms with Crippen molar-refractivity contribution in [2.75, 3.05) is 33.5 Å². The first kappa shape index (κ1) is 13.9. The second-order valence-electron chi connectivity index (χ2n) is 5.33. The first-order chi connectivity index (χ1) is 7.53. The topological polar surface area (TPSA) is 50.7 Å². The van der Waals surface area contributed by atoms with E-state index in [0.717, 1.165) is 12.5 Å². The molecule has 16 heavy (non-hydrogen) atoms. The van der Waals surface area contributed by atoms with Crippen LogP contribution >= 0.6 is 0 Å². The molecular weight excluding hydrogens is 206 g/mol. The third kappa shape index (κ3) is 6.43. The maximum Gasteiger partial charge on any atom is 0.0897 e. The molecule has 1 fully saturated rings. The molecule has 4 heteroatoms. The first-order valence-electron chi connectivity index (χ1n) is 6.03. The van der Waals surface area contributed by atoms with Gasteiger partial charge in [0.15, 0.2) is 0 Å². The molecule has 0 spiro atoms. The third-order valence-electron chi connectivity index (χ3n) is 2.68. The van der Waals surface area contributed by atoms with Crippen LogP contribution < -0.4 is 5.32 Å². The summed E-state index contributed by atoms with van der Waals surface area (Å²) in [5, 5.41) is 12.9. The Bertz CT molecular complexity index is 193. The highest BCUT2D eigenvalue weighted by Gasteiger charge is 2.22. The summed E-state index contributed by atoms with van der Waals surface area (Å²) in [4.78, 5) is 0. The summed E-state index contributed by atoms with van der Waals surface area (Å²) >= 11 is 0. The molecule has 0 aliphatic heterocycles. The van der Waals surface area contributed by atoms with Crippen LogP contribution in [-0.2, 0) is 9.47 Å². The molecule has 0 aromatic rings. The van der Waals surface area contributed by atoms with E-state index in [9.17, 15) is 5.11 Å². The predicted octanol–water partition coefficient (Wildman–Crippen LogP) is 0.788. The van der Waals surface area contributed by atoms with Crippen molar-refractivity contribution in [2.45, 2.75) is 38.3 Å². The van der Waals surface area contributed by atoms with Crippen molar-refractivity contribution >= 4 is 0 Å². The normalized spacial score (nSPS) is 18.8. The number of hydrogen-bond donors (Lipinski definition) is 2. The Hall–Kier alpha value is -0.160. The van der Waals surface area contributed by atoms with Crippen molar-refractivity contribution < 1.29 is 14.6 Å². The zero-order valence-electron chi connectivity index (χ0n) is 10.7. The molecule has 4 nitrogen and oxygen atoms in total. The van der Waals surface area contributed by atoms with Gasteiger partial charge in [0.05, 0.1) is 19.3 Å². The number of nitrogens with one attached hydrogen (secondary N) is 1. The fourth-order valence-corrected chi connectivity index (χ4v) is 1.52. The van der Waals surface area contributed by atoms with Crippen LogP contribution in [0.15, 0.2) is 0 Å². The van der Waals surface area contributed by atoms with E-state index in [4.69, 9.17) is 9.47 Å². The number of aliphatic hydroxyl groups is 1. The van der Waals surface area contributed by atoms with Crippen molar-refractivity contribution in [2.24, 2.45) is 5.92 Å². The number of β-amino-alcohol motifs (C(OH)–C–C–N with tert-alkyl or cyclic N) is 1. The second-order valence-corrected chi connectivity index (χ2v) is 5.33. The minimum atomic E-state index is -0.435. The SMILES string of the molecule is COCC(C)(C)NCC(O)COCC1CC1.